The van der Waals surface area contributed by atoms with E-state index in [9.17, 15) is 14.7 Å². The summed E-state index contributed by atoms with van der Waals surface area (Å²) < 4.78 is 4.69. The highest BCUT2D eigenvalue weighted by atomic mass is 16.5. The lowest BCUT2D eigenvalue weighted by atomic mass is 9.76. The van der Waals surface area contributed by atoms with Crippen LogP contribution in [0.25, 0.3) is 0 Å². The number of aliphatic hydroxyl groups excluding tert-OH is 1. The fourth-order valence-electron chi connectivity index (χ4n) is 4.34. The van der Waals surface area contributed by atoms with Gasteiger partial charge in [0.2, 0.25) is 0 Å². The first-order chi connectivity index (χ1) is 12.0. The quantitative estimate of drug-likeness (QED) is 0.856. The summed E-state index contributed by atoms with van der Waals surface area (Å²) in [6.07, 6.45) is 4.51. The number of amides is 1. The first-order valence-electron chi connectivity index (χ1n) is 9.18. The van der Waals surface area contributed by atoms with Gasteiger partial charge in [-0.2, -0.15) is 0 Å². The first kappa shape index (κ1) is 17.9. The summed E-state index contributed by atoms with van der Waals surface area (Å²) >= 11 is 0. The van der Waals surface area contributed by atoms with Crippen molar-refractivity contribution in [2.75, 3.05) is 13.7 Å². The molecule has 1 aliphatic heterocycles. The molecule has 1 aromatic carbocycles. The average Bonchev–Trinajstić information content (AvgIpc) is 3.12. The number of methoxy groups -OCH3 is 1. The van der Waals surface area contributed by atoms with Crippen LogP contribution in [-0.2, 0) is 4.74 Å². The molecule has 1 saturated heterocycles. The van der Waals surface area contributed by atoms with Crippen LogP contribution >= 0.6 is 0 Å². The minimum absolute atomic E-state index is 0.00987. The maximum absolute atomic E-state index is 13.0. The molecule has 0 radical (unpaired) electrons. The van der Waals surface area contributed by atoms with Gasteiger partial charge >= 0.3 is 5.97 Å². The predicted molar refractivity (Wildman–Crippen MR) is 94.4 cm³/mol. The molecule has 2 aliphatic rings. The van der Waals surface area contributed by atoms with Gasteiger partial charge in [0.25, 0.3) is 5.91 Å². The van der Waals surface area contributed by atoms with Crippen molar-refractivity contribution < 1.29 is 19.4 Å². The van der Waals surface area contributed by atoms with E-state index in [0.29, 0.717) is 17.0 Å². The summed E-state index contributed by atoms with van der Waals surface area (Å²) in [5.74, 6) is 0.358. The molecule has 2 fully saturated rings. The number of hydrogen-bond acceptors (Lipinski definition) is 4. The third-order valence-corrected chi connectivity index (χ3v) is 5.73. The Morgan fingerprint density at radius 1 is 1.12 bits per heavy atom. The summed E-state index contributed by atoms with van der Waals surface area (Å²) in [7, 11) is 1.34. The molecular formula is C20H27NO4. The molecule has 3 rings (SSSR count). The van der Waals surface area contributed by atoms with Crippen molar-refractivity contribution >= 4 is 11.9 Å². The Morgan fingerprint density at radius 3 is 2.48 bits per heavy atom. The molecule has 0 bridgehead atoms. The van der Waals surface area contributed by atoms with Crippen LogP contribution in [0.4, 0.5) is 0 Å². The molecule has 4 atom stereocenters. The van der Waals surface area contributed by atoms with E-state index in [1.54, 1.807) is 24.3 Å². The monoisotopic (exact) mass is 345 g/mol. The normalized spacial score (nSPS) is 29.5. The van der Waals surface area contributed by atoms with Crippen LogP contribution in [0.3, 0.4) is 0 Å². The van der Waals surface area contributed by atoms with Gasteiger partial charge in [-0.1, -0.05) is 6.92 Å². The largest absolute Gasteiger partial charge is 0.465 e. The van der Waals surface area contributed by atoms with Gasteiger partial charge in [-0.15, -0.1) is 0 Å². The van der Waals surface area contributed by atoms with Crippen LogP contribution in [0.15, 0.2) is 24.3 Å². The summed E-state index contributed by atoms with van der Waals surface area (Å²) in [4.78, 5) is 26.4. The van der Waals surface area contributed by atoms with Crippen molar-refractivity contribution in [3.8, 4) is 0 Å². The minimum Gasteiger partial charge on any atom is -0.465 e. The zero-order valence-electron chi connectivity index (χ0n) is 15.0. The van der Waals surface area contributed by atoms with Gasteiger partial charge in [-0.3, -0.25) is 4.79 Å². The Bertz CT molecular complexity index is 627. The zero-order valence-corrected chi connectivity index (χ0v) is 15.0. The second kappa shape index (κ2) is 7.56. The van der Waals surface area contributed by atoms with E-state index in [2.05, 4.69) is 6.92 Å². The molecule has 1 N–H and O–H groups in total. The number of likely N-dealkylation sites (tertiary alicyclic amines) is 1. The number of carbonyl (C=O) groups is 2. The SMILES string of the molecule is COC(=O)c1ccc(C(=O)N2CCC[C@@H]2[C@@H]2C[C@H](C)CC[C@@H]2O)cc1. The highest BCUT2D eigenvalue weighted by Gasteiger charge is 2.40. The Kier molecular flexibility index (Phi) is 5.42. The van der Waals surface area contributed by atoms with Gasteiger partial charge in [-0.05, 0) is 62.3 Å². The molecule has 1 aliphatic carbocycles. The number of hydrogen-bond donors (Lipinski definition) is 1. The van der Waals surface area contributed by atoms with E-state index in [0.717, 1.165) is 38.6 Å². The molecular weight excluding hydrogens is 318 g/mol. The van der Waals surface area contributed by atoms with Crippen molar-refractivity contribution in [2.24, 2.45) is 11.8 Å². The van der Waals surface area contributed by atoms with E-state index >= 15 is 0 Å². The van der Waals surface area contributed by atoms with Crippen molar-refractivity contribution in [3.63, 3.8) is 0 Å². The number of aliphatic hydroxyl groups is 1. The third kappa shape index (κ3) is 3.71. The second-order valence-corrected chi connectivity index (χ2v) is 7.43. The first-order valence-corrected chi connectivity index (χ1v) is 9.18. The number of nitrogens with zero attached hydrogens (tertiary/aromatic N) is 1. The predicted octanol–water partition coefficient (Wildman–Crippen LogP) is 2.87. The number of carbonyl (C=O) groups excluding carboxylic acids is 2. The van der Waals surface area contributed by atoms with Crippen molar-refractivity contribution in [2.45, 2.75) is 51.2 Å². The molecule has 1 amide bonds. The standard InChI is InChI=1S/C20H27NO4/c1-13-5-10-18(22)16(12-13)17-4-3-11-21(17)19(23)14-6-8-15(9-7-14)20(24)25-2/h6-9,13,16-18,22H,3-5,10-12H2,1-2H3/t13-,16+,17-,18+/m1/s1. The van der Waals surface area contributed by atoms with E-state index in [1.807, 2.05) is 4.90 Å². The van der Waals surface area contributed by atoms with E-state index in [1.165, 1.54) is 7.11 Å². The Morgan fingerprint density at radius 2 is 1.80 bits per heavy atom. The summed E-state index contributed by atoms with van der Waals surface area (Å²) in [5.41, 5.74) is 1.02. The smallest absolute Gasteiger partial charge is 0.337 e. The minimum atomic E-state index is -0.405. The highest BCUT2D eigenvalue weighted by molar-refractivity contribution is 5.96. The van der Waals surface area contributed by atoms with Crippen LogP contribution in [0.5, 0.6) is 0 Å². The lowest BCUT2D eigenvalue weighted by Gasteiger charge is -2.39. The maximum atomic E-state index is 13.0. The van der Waals surface area contributed by atoms with Crippen LogP contribution in [0.1, 0.15) is 59.7 Å². The lowest BCUT2D eigenvalue weighted by molar-refractivity contribution is 0.00858. The van der Waals surface area contributed by atoms with Gasteiger partial charge < -0.3 is 14.7 Å². The van der Waals surface area contributed by atoms with Crippen molar-refractivity contribution in [3.05, 3.63) is 35.4 Å². The highest BCUT2D eigenvalue weighted by Crippen LogP contribution is 2.37. The number of esters is 1. The summed E-state index contributed by atoms with van der Waals surface area (Å²) in [5, 5.41) is 10.5. The Hall–Kier alpha value is -1.88. The van der Waals surface area contributed by atoms with Gasteiger partial charge in [0.15, 0.2) is 0 Å². The molecule has 1 aromatic rings. The molecule has 0 unspecified atom stereocenters. The lowest BCUT2D eigenvalue weighted by Crippen LogP contribution is -2.46. The van der Waals surface area contributed by atoms with E-state index in [4.69, 9.17) is 4.74 Å². The molecule has 136 valence electrons. The number of benzene rings is 1. The average molecular weight is 345 g/mol. The summed E-state index contributed by atoms with van der Waals surface area (Å²) in [6.45, 7) is 2.96. The maximum Gasteiger partial charge on any atom is 0.337 e. The van der Waals surface area contributed by atoms with Crippen LogP contribution in [0, 0.1) is 11.8 Å². The Balaban J connectivity index is 1.75. The molecule has 25 heavy (non-hydrogen) atoms. The van der Waals surface area contributed by atoms with Gasteiger partial charge in [-0.25, -0.2) is 4.79 Å². The number of rotatable bonds is 3. The molecule has 1 heterocycles. The van der Waals surface area contributed by atoms with Crippen LogP contribution in [-0.4, -0.2) is 47.7 Å². The second-order valence-electron chi connectivity index (χ2n) is 7.43. The fourth-order valence-corrected chi connectivity index (χ4v) is 4.34. The zero-order chi connectivity index (χ0) is 18.0. The molecule has 0 spiro atoms. The third-order valence-electron chi connectivity index (χ3n) is 5.73. The van der Waals surface area contributed by atoms with Gasteiger partial charge in [0.1, 0.15) is 0 Å². The Labute approximate surface area is 149 Å². The van der Waals surface area contributed by atoms with Gasteiger partial charge in [0, 0.05) is 24.1 Å². The van der Waals surface area contributed by atoms with Gasteiger partial charge in [0.05, 0.1) is 18.8 Å². The van der Waals surface area contributed by atoms with E-state index < -0.39 is 5.97 Å². The molecule has 0 aromatic heterocycles. The number of ether oxygens (including phenoxy) is 1. The van der Waals surface area contributed by atoms with Crippen molar-refractivity contribution in [1.29, 1.82) is 0 Å². The van der Waals surface area contributed by atoms with E-state index in [-0.39, 0.29) is 24.0 Å². The van der Waals surface area contributed by atoms with Crippen molar-refractivity contribution in [1.82, 2.24) is 4.90 Å². The van der Waals surface area contributed by atoms with Crippen LogP contribution < -0.4 is 0 Å². The topological polar surface area (TPSA) is 66.8 Å². The fraction of sp³-hybridized carbons (Fsp3) is 0.600. The summed E-state index contributed by atoms with van der Waals surface area (Å²) in [6, 6.07) is 6.74. The molecule has 1 saturated carbocycles. The molecule has 5 nitrogen and oxygen atoms in total. The molecule has 5 heteroatoms. The van der Waals surface area contributed by atoms with Crippen LogP contribution in [0.2, 0.25) is 0 Å².